The van der Waals surface area contributed by atoms with Gasteiger partial charge in [0.15, 0.2) is 5.75 Å². The Balaban J connectivity index is 2.41. The third-order valence-corrected chi connectivity index (χ3v) is 2.48. The largest absolute Gasteiger partial charge is 0.486 e. The Morgan fingerprint density at radius 1 is 1.06 bits per heavy atom. The Bertz CT molecular complexity index is 646. The first-order chi connectivity index (χ1) is 8.52. The first kappa shape index (κ1) is 12.2. The van der Waals surface area contributed by atoms with Gasteiger partial charge in [-0.15, -0.1) is 0 Å². The molecule has 2 aromatic rings. The highest BCUT2D eigenvalue weighted by Crippen LogP contribution is 2.17. The minimum atomic E-state index is -0.764. The van der Waals surface area contributed by atoms with E-state index >= 15 is 0 Å². The van der Waals surface area contributed by atoms with Gasteiger partial charge in [0.05, 0.1) is 6.10 Å². The summed E-state index contributed by atoms with van der Waals surface area (Å²) in [6.45, 7) is 3.46. The maximum Gasteiger partial charge on any atom is 0.269 e. The average Bonchev–Trinajstić information content (AvgIpc) is 2.38. The topological polar surface area (TPSA) is 60.4 Å². The minimum Gasteiger partial charge on any atom is -0.486 e. The van der Waals surface area contributed by atoms with Crippen molar-refractivity contribution >= 4 is 5.78 Å². The van der Waals surface area contributed by atoms with Crippen LogP contribution in [0.1, 0.15) is 29.8 Å². The Kier molecular flexibility index (Phi) is 3.10. The fourth-order valence-corrected chi connectivity index (χ4v) is 1.66. The lowest BCUT2D eigenvalue weighted by Gasteiger charge is -2.14. The van der Waals surface area contributed by atoms with Crippen LogP contribution >= 0.6 is 0 Å². The molecule has 0 bridgehead atoms. The molecule has 4 nitrogen and oxygen atoms in total. The summed E-state index contributed by atoms with van der Waals surface area (Å²) in [4.78, 5) is 34.9. The van der Waals surface area contributed by atoms with Crippen LogP contribution in [0.4, 0.5) is 0 Å². The number of ether oxygens (including phenoxy) is 1. The molecule has 0 unspecified atom stereocenters. The molecule has 0 amide bonds. The Morgan fingerprint density at radius 2 is 1.67 bits per heavy atom. The molecule has 0 saturated carbocycles. The highest BCUT2D eigenvalue weighted by atomic mass is 16.5. The van der Waals surface area contributed by atoms with E-state index in [2.05, 4.69) is 0 Å². The van der Waals surface area contributed by atoms with Gasteiger partial charge in [0, 0.05) is 5.56 Å². The molecule has 4 heteroatoms. The number of rotatable bonds is 4. The van der Waals surface area contributed by atoms with Crippen molar-refractivity contribution in [2.75, 3.05) is 0 Å². The third-order valence-electron chi connectivity index (χ3n) is 2.48. The summed E-state index contributed by atoms with van der Waals surface area (Å²) in [7, 11) is 0. The van der Waals surface area contributed by atoms with Crippen LogP contribution < -0.4 is 15.6 Å². The molecule has 0 N–H and O–H groups in total. The van der Waals surface area contributed by atoms with E-state index in [4.69, 9.17) is 4.74 Å². The smallest absolute Gasteiger partial charge is 0.269 e. The van der Waals surface area contributed by atoms with Crippen molar-refractivity contribution in [1.82, 2.24) is 0 Å². The lowest BCUT2D eigenvalue weighted by Crippen LogP contribution is -2.40. The average molecular weight is 244 g/mol. The van der Waals surface area contributed by atoms with Crippen molar-refractivity contribution in [1.29, 1.82) is 0 Å². The van der Waals surface area contributed by atoms with Crippen molar-refractivity contribution in [2.24, 2.45) is 0 Å². The van der Waals surface area contributed by atoms with E-state index in [0.717, 1.165) is 0 Å². The van der Waals surface area contributed by atoms with Gasteiger partial charge in [0.1, 0.15) is 5.56 Å². The lowest BCUT2D eigenvalue weighted by molar-refractivity contribution is 0.102. The van der Waals surface area contributed by atoms with Gasteiger partial charge in [-0.2, -0.15) is 0 Å². The second-order valence-electron chi connectivity index (χ2n) is 4.22. The van der Waals surface area contributed by atoms with Crippen molar-refractivity contribution in [3.8, 4) is 5.75 Å². The molecule has 92 valence electrons. The van der Waals surface area contributed by atoms with Crippen molar-refractivity contribution < 1.29 is 9.53 Å². The Hall–Kier alpha value is -2.23. The van der Waals surface area contributed by atoms with E-state index in [1.165, 1.54) is 0 Å². The molecule has 0 spiro atoms. The van der Waals surface area contributed by atoms with E-state index in [1.54, 1.807) is 44.2 Å². The van der Waals surface area contributed by atoms with E-state index in [-0.39, 0.29) is 17.4 Å². The van der Waals surface area contributed by atoms with Crippen LogP contribution in [0.2, 0.25) is 0 Å². The summed E-state index contributed by atoms with van der Waals surface area (Å²) >= 11 is 0. The molecular weight excluding hydrogens is 232 g/mol. The maximum atomic E-state index is 12.1. The van der Waals surface area contributed by atoms with Crippen molar-refractivity contribution in [2.45, 2.75) is 20.0 Å². The summed E-state index contributed by atoms with van der Waals surface area (Å²) in [6, 6.07) is 8.35. The molecule has 0 aliphatic rings. The summed E-state index contributed by atoms with van der Waals surface area (Å²) in [5.74, 6) is -0.570. The number of carbonyl (C=O) groups is 1. The molecule has 0 aromatic heterocycles. The molecule has 0 fully saturated rings. The predicted octanol–water partition coefficient (Wildman–Crippen LogP) is 1.30. The van der Waals surface area contributed by atoms with Gasteiger partial charge < -0.3 is 4.74 Å². The summed E-state index contributed by atoms with van der Waals surface area (Å²) in [5, 5.41) is 0. The van der Waals surface area contributed by atoms with Crippen LogP contribution in [0.15, 0.2) is 39.9 Å². The second-order valence-corrected chi connectivity index (χ2v) is 4.22. The minimum absolute atomic E-state index is 0.108. The molecule has 0 heterocycles. The summed E-state index contributed by atoms with van der Waals surface area (Å²) < 4.78 is 5.21. The van der Waals surface area contributed by atoms with Crippen molar-refractivity contribution in [3.63, 3.8) is 0 Å². The quantitative estimate of drug-likeness (QED) is 0.600. The zero-order chi connectivity index (χ0) is 13.3. The number of hydrogen-bond donors (Lipinski definition) is 0. The lowest BCUT2D eigenvalue weighted by atomic mass is 9.98. The molecule has 2 aromatic carbocycles. The zero-order valence-electron chi connectivity index (χ0n) is 10.1. The van der Waals surface area contributed by atoms with Gasteiger partial charge in [-0.1, -0.05) is 30.3 Å². The van der Waals surface area contributed by atoms with Crippen LogP contribution in [0.3, 0.4) is 0 Å². The third kappa shape index (κ3) is 1.97. The van der Waals surface area contributed by atoms with Gasteiger partial charge in [-0.05, 0) is 13.8 Å². The Labute approximate surface area is 104 Å². The number of carbonyl (C=O) groups excluding carboxylic acids is 1. The van der Waals surface area contributed by atoms with Gasteiger partial charge >= 0.3 is 0 Å². The van der Waals surface area contributed by atoms with Crippen LogP contribution in [0.25, 0.3) is 0 Å². The Morgan fingerprint density at radius 3 is 2.22 bits per heavy atom. The summed E-state index contributed by atoms with van der Waals surface area (Å²) in [5.41, 5.74) is -1.25. The molecule has 0 aliphatic heterocycles. The van der Waals surface area contributed by atoms with Gasteiger partial charge in [-0.25, -0.2) is 0 Å². The SMILES string of the molecule is CC(C)Oc1c(C(=O)c2ccccc2)c(=O)c1=O. The second kappa shape index (κ2) is 4.56. The first-order valence-electron chi connectivity index (χ1n) is 5.62. The molecular formula is C14H12O4. The fraction of sp³-hybridized carbons (Fsp3) is 0.214. The molecule has 18 heavy (non-hydrogen) atoms. The van der Waals surface area contributed by atoms with E-state index < -0.39 is 16.6 Å². The standard InChI is InChI=1S/C14H12O4/c1-8(2)18-14-10(12(16)13(14)17)11(15)9-6-4-3-5-7-9/h3-8H,1-2H3. The van der Waals surface area contributed by atoms with Crippen LogP contribution in [0, 0.1) is 0 Å². The van der Waals surface area contributed by atoms with E-state index in [9.17, 15) is 14.4 Å². The molecule has 0 radical (unpaired) electrons. The predicted molar refractivity (Wildman–Crippen MR) is 67.0 cm³/mol. The fourth-order valence-electron chi connectivity index (χ4n) is 1.66. The molecule has 0 saturated heterocycles. The number of ketones is 1. The van der Waals surface area contributed by atoms with Gasteiger partial charge in [0.25, 0.3) is 5.43 Å². The van der Waals surface area contributed by atoms with Crippen LogP contribution in [-0.4, -0.2) is 11.9 Å². The highest BCUT2D eigenvalue weighted by Gasteiger charge is 2.29. The maximum absolute atomic E-state index is 12.1. The zero-order valence-corrected chi connectivity index (χ0v) is 10.1. The number of benzene rings is 1. The van der Waals surface area contributed by atoms with Crippen LogP contribution in [0.5, 0.6) is 5.75 Å². The monoisotopic (exact) mass is 244 g/mol. The molecule has 0 aliphatic carbocycles. The van der Waals surface area contributed by atoms with E-state index in [1.807, 2.05) is 0 Å². The molecule has 0 atom stereocenters. The summed E-state index contributed by atoms with van der Waals surface area (Å²) in [6.07, 6.45) is -0.254. The van der Waals surface area contributed by atoms with Crippen molar-refractivity contribution in [3.05, 3.63) is 61.9 Å². The van der Waals surface area contributed by atoms with Gasteiger partial charge in [-0.3, -0.25) is 14.4 Å². The number of hydrogen-bond acceptors (Lipinski definition) is 4. The van der Waals surface area contributed by atoms with Crippen LogP contribution in [-0.2, 0) is 0 Å². The normalized spacial score (nSPS) is 10.8. The highest BCUT2D eigenvalue weighted by molar-refractivity contribution is 6.11. The van der Waals surface area contributed by atoms with Gasteiger partial charge in [0.2, 0.25) is 11.2 Å². The molecule has 2 rings (SSSR count). The first-order valence-corrected chi connectivity index (χ1v) is 5.62. The van der Waals surface area contributed by atoms with E-state index in [0.29, 0.717) is 5.56 Å².